The molecule has 5 rings (SSSR count). The van der Waals surface area contributed by atoms with Crippen LogP contribution in [0.4, 0.5) is 23.5 Å². The summed E-state index contributed by atoms with van der Waals surface area (Å²) in [5.41, 5.74) is 0.880. The molecule has 0 fully saturated rings. The number of imidazole rings is 1. The Morgan fingerprint density at radius 2 is 1.71 bits per heavy atom. The summed E-state index contributed by atoms with van der Waals surface area (Å²) in [5.74, 6) is -0.747. The van der Waals surface area contributed by atoms with Crippen molar-refractivity contribution in [1.29, 1.82) is 0 Å². The van der Waals surface area contributed by atoms with Crippen molar-refractivity contribution in [2.45, 2.75) is 18.1 Å². The second kappa shape index (κ2) is 10.1. The van der Waals surface area contributed by atoms with Crippen molar-refractivity contribution in [1.82, 2.24) is 15.0 Å². The van der Waals surface area contributed by atoms with Gasteiger partial charge >= 0.3 is 6.18 Å². The van der Waals surface area contributed by atoms with Crippen LogP contribution in [0.2, 0.25) is 5.02 Å². The quantitative estimate of drug-likeness (QED) is 0.175. The molecule has 0 saturated carbocycles. The molecule has 0 amide bonds. The maximum Gasteiger partial charge on any atom is 0.416 e. The van der Waals surface area contributed by atoms with Gasteiger partial charge in [0.15, 0.2) is 0 Å². The van der Waals surface area contributed by atoms with Crippen molar-refractivity contribution >= 4 is 57.8 Å². The van der Waals surface area contributed by atoms with Gasteiger partial charge in [-0.1, -0.05) is 53.5 Å². The minimum atomic E-state index is -4.76. The molecule has 0 aliphatic carbocycles. The number of alkyl halides is 3. The van der Waals surface area contributed by atoms with Crippen LogP contribution in [0, 0.1) is 5.82 Å². The number of hydrogen-bond acceptors (Lipinski definition) is 3. The van der Waals surface area contributed by atoms with E-state index in [-0.39, 0.29) is 17.9 Å². The van der Waals surface area contributed by atoms with Crippen LogP contribution in [0.1, 0.15) is 22.4 Å². The first kappa shape index (κ1) is 26.3. The second-order valence-corrected chi connectivity index (χ2v) is 10.3. The molecule has 0 spiro atoms. The van der Waals surface area contributed by atoms with E-state index in [4.69, 9.17) is 11.6 Å². The van der Waals surface area contributed by atoms with E-state index in [0.717, 1.165) is 27.6 Å². The zero-order chi connectivity index (χ0) is 27.1. The smallest absolute Gasteiger partial charge is 0.340 e. The van der Waals surface area contributed by atoms with Gasteiger partial charge in [0, 0.05) is 17.1 Å². The zero-order valence-corrected chi connectivity index (χ0v) is 22.2. The number of rotatable bonds is 6. The Hall–Kier alpha value is -3.37. The molecule has 11 heteroatoms. The number of nitrogens with one attached hydrogen (secondary N) is 2. The van der Waals surface area contributed by atoms with Crippen molar-refractivity contribution in [3.8, 4) is 0 Å². The van der Waals surface area contributed by atoms with Gasteiger partial charge in [0.05, 0.1) is 27.3 Å². The Labute approximate surface area is 230 Å². The highest BCUT2D eigenvalue weighted by Crippen LogP contribution is 2.40. The van der Waals surface area contributed by atoms with Crippen molar-refractivity contribution in [2.75, 3.05) is 5.32 Å². The fourth-order valence-electron chi connectivity index (χ4n) is 4.51. The molecule has 192 valence electrons. The maximum atomic E-state index is 14.8. The Kier molecular flexibility index (Phi) is 6.96. The predicted molar refractivity (Wildman–Crippen MR) is 147 cm³/mol. The molecule has 2 heterocycles. The van der Waals surface area contributed by atoms with Gasteiger partial charge in [-0.3, -0.25) is 4.98 Å². The molecule has 0 aliphatic heterocycles. The van der Waals surface area contributed by atoms with Crippen LogP contribution in [0.15, 0.2) is 83.5 Å². The number of fused-ring (bicyclic) bond motifs is 1. The van der Waals surface area contributed by atoms with Crippen molar-refractivity contribution < 1.29 is 17.6 Å². The highest BCUT2D eigenvalue weighted by molar-refractivity contribution is 9.10. The van der Waals surface area contributed by atoms with Crippen molar-refractivity contribution in [3.05, 3.63) is 117 Å². The van der Waals surface area contributed by atoms with Gasteiger partial charge in [0.2, 0.25) is 5.95 Å². The van der Waals surface area contributed by atoms with E-state index in [1.165, 1.54) is 6.20 Å². The highest BCUT2D eigenvalue weighted by Gasteiger charge is 2.40. The largest absolute Gasteiger partial charge is 0.416 e. The molecule has 4 nitrogen and oxygen atoms in total. The first-order chi connectivity index (χ1) is 18.0. The lowest BCUT2D eigenvalue weighted by atomic mass is 9.80. The molecule has 1 atom stereocenters. The third kappa shape index (κ3) is 5.28. The summed E-state index contributed by atoms with van der Waals surface area (Å²) in [6.45, 7) is 0. The summed E-state index contributed by atoms with van der Waals surface area (Å²) in [6.07, 6.45) is -3.23. The lowest BCUT2D eigenvalue weighted by Gasteiger charge is -2.36. The summed E-state index contributed by atoms with van der Waals surface area (Å²) >= 11 is 9.64. The number of anilines is 1. The number of nitrogens with zero attached hydrogens (tertiary/aromatic N) is 2. The SMILES string of the molecule is Bc1cc(Br)c2[nH]c(N[C@](Cc3ccccc3)(c3cc(F)cc(C(F)(F)F)c3)c3ccc(Cl)cn3)nc2c1. The molecule has 2 aromatic heterocycles. The van der Waals surface area contributed by atoms with Crippen LogP contribution in [0.3, 0.4) is 0 Å². The summed E-state index contributed by atoms with van der Waals surface area (Å²) in [7, 11) is 1.93. The zero-order valence-electron chi connectivity index (χ0n) is 19.9. The van der Waals surface area contributed by atoms with Crippen molar-refractivity contribution in [3.63, 3.8) is 0 Å². The molecule has 0 aliphatic rings. The Bertz CT molecular complexity index is 1610. The standard InChI is InChI=1S/C27H19BBrClF4N4/c28-18-11-21(29)24-22(12-18)36-25(37-24)38-26(13-15-4-2-1-3-5-15,23-7-6-19(30)14-35-23)16-8-17(27(32,33)34)10-20(31)9-16/h1-12,14H,13,28H2,(H2,36,37,38)/t26-/m1/s1. The van der Waals surface area contributed by atoms with Gasteiger partial charge in [-0.05, 0) is 63.5 Å². The number of hydrogen-bond donors (Lipinski definition) is 2. The van der Waals surface area contributed by atoms with Gasteiger partial charge in [-0.15, -0.1) is 0 Å². The van der Waals surface area contributed by atoms with Gasteiger partial charge in [0.25, 0.3) is 0 Å². The number of pyridine rings is 1. The molecular formula is C27H19BBrClF4N4. The number of benzene rings is 3. The Morgan fingerprint density at radius 1 is 0.974 bits per heavy atom. The van der Waals surface area contributed by atoms with E-state index >= 15 is 0 Å². The fourth-order valence-corrected chi connectivity index (χ4v) is 5.29. The second-order valence-electron chi connectivity index (χ2n) is 9.01. The van der Waals surface area contributed by atoms with Gasteiger partial charge in [-0.2, -0.15) is 13.2 Å². The van der Waals surface area contributed by atoms with Crippen LogP contribution in [-0.4, -0.2) is 22.8 Å². The van der Waals surface area contributed by atoms with E-state index in [1.807, 2.05) is 50.3 Å². The minimum Gasteiger partial charge on any atom is -0.340 e. The minimum absolute atomic E-state index is 0.0270. The Morgan fingerprint density at radius 3 is 2.39 bits per heavy atom. The van der Waals surface area contributed by atoms with E-state index in [2.05, 4.69) is 36.2 Å². The molecule has 0 bridgehead atoms. The molecule has 38 heavy (non-hydrogen) atoms. The highest BCUT2D eigenvalue weighted by atomic mass is 79.9. The van der Waals surface area contributed by atoms with Gasteiger partial charge < -0.3 is 10.3 Å². The molecule has 0 radical (unpaired) electrons. The van der Waals surface area contributed by atoms with Crippen LogP contribution in [-0.2, 0) is 18.1 Å². The van der Waals surface area contributed by atoms with Crippen LogP contribution in [0.25, 0.3) is 11.0 Å². The molecule has 0 saturated heterocycles. The first-order valence-corrected chi connectivity index (χ1v) is 12.7. The molecule has 5 aromatic rings. The van der Waals surface area contributed by atoms with Crippen LogP contribution in [0.5, 0.6) is 0 Å². The number of aromatic amines is 1. The van der Waals surface area contributed by atoms with Gasteiger partial charge in [0.1, 0.15) is 19.2 Å². The maximum absolute atomic E-state index is 14.8. The lowest BCUT2D eigenvalue weighted by Crippen LogP contribution is -2.40. The summed E-state index contributed by atoms with van der Waals surface area (Å²) in [5, 5.41) is 3.66. The van der Waals surface area contributed by atoms with E-state index in [1.54, 1.807) is 12.1 Å². The topological polar surface area (TPSA) is 53.6 Å². The van der Waals surface area contributed by atoms with Crippen molar-refractivity contribution in [2.24, 2.45) is 0 Å². The lowest BCUT2D eigenvalue weighted by molar-refractivity contribution is -0.137. The summed E-state index contributed by atoms with van der Waals surface area (Å²) < 4.78 is 57.1. The van der Waals surface area contributed by atoms with E-state index in [0.29, 0.717) is 27.8 Å². The monoisotopic (exact) mass is 600 g/mol. The van der Waals surface area contributed by atoms with Crippen LogP contribution >= 0.6 is 27.5 Å². The normalized spacial score (nSPS) is 13.4. The summed E-state index contributed by atoms with van der Waals surface area (Å²) in [6, 6.07) is 18.7. The van der Waals surface area contributed by atoms with E-state index < -0.39 is 23.1 Å². The first-order valence-electron chi connectivity index (χ1n) is 11.5. The Balaban J connectivity index is 1.79. The average molecular weight is 602 g/mol. The fraction of sp³-hybridized carbons (Fsp3) is 0.111. The number of halogens is 6. The number of H-pyrrole nitrogens is 1. The predicted octanol–water partition coefficient (Wildman–Crippen LogP) is 6.39. The third-order valence-electron chi connectivity index (χ3n) is 6.22. The van der Waals surface area contributed by atoms with E-state index in [9.17, 15) is 17.6 Å². The molecule has 3 aromatic carbocycles. The van der Waals surface area contributed by atoms with Crippen LogP contribution < -0.4 is 10.8 Å². The molecule has 2 N–H and O–H groups in total. The summed E-state index contributed by atoms with van der Waals surface area (Å²) in [4.78, 5) is 12.3. The molecular weight excluding hydrogens is 582 g/mol. The third-order valence-corrected chi connectivity index (χ3v) is 7.06. The number of aromatic nitrogens is 3. The average Bonchev–Trinajstić information content (AvgIpc) is 3.26. The van der Waals surface area contributed by atoms with Gasteiger partial charge in [-0.25, -0.2) is 9.37 Å². The molecule has 0 unspecified atom stereocenters.